The molecule has 0 aromatic heterocycles. The Morgan fingerprint density at radius 3 is 1.36 bits per heavy atom. The lowest BCUT2D eigenvalue weighted by molar-refractivity contribution is -0.301. The number of carbonyl (C=O) groups is 4. The number of aliphatic hydroxyl groups excluding tert-OH is 2. The third-order valence-corrected chi connectivity index (χ3v) is 12.7. The maximum Gasteiger partial charge on any atom is 0.335 e. The van der Waals surface area contributed by atoms with Crippen molar-refractivity contribution >= 4 is 23.9 Å². The van der Waals surface area contributed by atoms with Gasteiger partial charge in [-0.1, -0.05) is 190 Å². The fourth-order valence-electron chi connectivity index (χ4n) is 8.22. The van der Waals surface area contributed by atoms with Crippen LogP contribution < -0.4 is 0 Å². The van der Waals surface area contributed by atoms with Gasteiger partial charge in [0.05, 0.1) is 6.61 Å². The Morgan fingerprint density at radius 2 is 0.863 bits per heavy atom. The summed E-state index contributed by atoms with van der Waals surface area (Å²) in [6.45, 7) is 5.83. The minimum Gasteiger partial charge on any atom is -0.479 e. The average Bonchev–Trinajstić information content (AvgIpc) is 3.37. The van der Waals surface area contributed by atoms with Gasteiger partial charge in [0.15, 0.2) is 24.6 Å². The molecule has 0 aromatic carbocycles. The van der Waals surface area contributed by atoms with Gasteiger partial charge in [0.1, 0.15) is 18.8 Å². The van der Waals surface area contributed by atoms with Gasteiger partial charge in [0.2, 0.25) is 0 Å². The average molecular weight is 1030 g/mol. The molecule has 0 aromatic rings. The summed E-state index contributed by atoms with van der Waals surface area (Å²) in [6, 6.07) is 0. The standard InChI is InChI=1S/C61H102O12/c1-4-7-10-13-16-19-22-24-25-26-27-28-29-31-34-37-40-43-46-49-55(64)72-59-57(66)56(65)58(60(67)68)73-61(59)70-51-52(71-54(63)48-45-42-39-36-32-21-18-15-12-9-6-3)50-69-53(62)47-44-41-38-35-33-30-23-20-17-14-11-8-5-2/h11,14-16,18-20,23-25,27-28,52,56-59,61,65-66H,4-10,12-13,17,21-22,26,29-51H2,1-3H3,(H,67,68)/b14-11-,18-15-,19-16-,23-20-,25-24-,28-27-. The number of hydrogen-bond acceptors (Lipinski definition) is 11. The number of rotatable bonds is 48. The monoisotopic (exact) mass is 1030 g/mol. The van der Waals surface area contributed by atoms with E-state index >= 15 is 0 Å². The summed E-state index contributed by atoms with van der Waals surface area (Å²) in [5.74, 6) is -3.17. The van der Waals surface area contributed by atoms with Crippen LogP contribution in [0.15, 0.2) is 72.9 Å². The van der Waals surface area contributed by atoms with Crippen molar-refractivity contribution in [3.8, 4) is 0 Å². The van der Waals surface area contributed by atoms with Crippen molar-refractivity contribution in [2.24, 2.45) is 0 Å². The lowest BCUT2D eigenvalue weighted by Gasteiger charge is -2.40. The van der Waals surface area contributed by atoms with Gasteiger partial charge in [-0.2, -0.15) is 0 Å². The number of carboxylic acid groups (broad SMARTS) is 1. The number of aliphatic hydroxyl groups is 2. The molecule has 1 aliphatic rings. The van der Waals surface area contributed by atoms with Gasteiger partial charge in [-0.15, -0.1) is 0 Å². The van der Waals surface area contributed by atoms with Crippen LogP contribution >= 0.6 is 0 Å². The minimum atomic E-state index is -1.91. The molecule has 0 saturated carbocycles. The van der Waals surface area contributed by atoms with Crippen LogP contribution in [0, 0.1) is 0 Å². The zero-order chi connectivity index (χ0) is 53.3. The topological polar surface area (TPSA) is 175 Å². The maximum atomic E-state index is 13.1. The molecule has 73 heavy (non-hydrogen) atoms. The van der Waals surface area contributed by atoms with Crippen LogP contribution in [-0.2, 0) is 42.9 Å². The molecular formula is C61H102O12. The Balaban J connectivity index is 2.69. The molecule has 1 aliphatic heterocycles. The molecule has 6 unspecified atom stereocenters. The minimum absolute atomic E-state index is 0.0419. The Hall–Kier alpha value is -3.84. The van der Waals surface area contributed by atoms with E-state index in [2.05, 4.69) is 93.7 Å². The third-order valence-electron chi connectivity index (χ3n) is 12.7. The van der Waals surface area contributed by atoms with E-state index in [1.165, 1.54) is 38.5 Å². The van der Waals surface area contributed by atoms with E-state index in [9.17, 15) is 34.5 Å². The van der Waals surface area contributed by atoms with Crippen LogP contribution in [0.2, 0.25) is 0 Å². The Kier molecular flexibility index (Phi) is 45.1. The van der Waals surface area contributed by atoms with Crippen molar-refractivity contribution in [2.75, 3.05) is 13.2 Å². The van der Waals surface area contributed by atoms with E-state index in [0.717, 1.165) is 141 Å². The molecule has 1 saturated heterocycles. The second-order valence-corrected chi connectivity index (χ2v) is 19.6. The van der Waals surface area contributed by atoms with Crippen LogP contribution in [0.3, 0.4) is 0 Å². The van der Waals surface area contributed by atoms with Crippen LogP contribution in [0.4, 0.5) is 0 Å². The molecule has 0 amide bonds. The van der Waals surface area contributed by atoms with Gasteiger partial charge in [-0.3, -0.25) is 14.4 Å². The first-order chi connectivity index (χ1) is 35.6. The van der Waals surface area contributed by atoms with E-state index in [4.69, 9.17) is 23.7 Å². The third kappa shape index (κ3) is 39.3. The van der Waals surface area contributed by atoms with Crippen LogP contribution in [0.5, 0.6) is 0 Å². The largest absolute Gasteiger partial charge is 0.479 e. The van der Waals surface area contributed by atoms with E-state index in [-0.39, 0.29) is 25.9 Å². The highest BCUT2D eigenvalue weighted by atomic mass is 16.7. The number of esters is 3. The summed E-state index contributed by atoms with van der Waals surface area (Å²) < 4.78 is 28.3. The first-order valence-corrected chi connectivity index (χ1v) is 28.9. The molecule has 0 radical (unpaired) electrons. The number of ether oxygens (including phenoxy) is 5. The van der Waals surface area contributed by atoms with E-state index in [1.54, 1.807) is 0 Å². The molecule has 12 heteroatoms. The number of carbonyl (C=O) groups excluding carboxylic acids is 3. The summed E-state index contributed by atoms with van der Waals surface area (Å²) in [5.41, 5.74) is 0. The van der Waals surface area contributed by atoms with Crippen molar-refractivity contribution in [1.29, 1.82) is 0 Å². The van der Waals surface area contributed by atoms with Crippen LogP contribution in [0.25, 0.3) is 0 Å². The van der Waals surface area contributed by atoms with Crippen molar-refractivity contribution in [1.82, 2.24) is 0 Å². The lowest BCUT2D eigenvalue weighted by Crippen LogP contribution is -2.61. The highest BCUT2D eigenvalue weighted by molar-refractivity contribution is 5.74. The summed E-state index contributed by atoms with van der Waals surface area (Å²) in [5, 5.41) is 31.4. The van der Waals surface area contributed by atoms with Gasteiger partial charge < -0.3 is 39.0 Å². The van der Waals surface area contributed by atoms with Gasteiger partial charge in [0, 0.05) is 19.3 Å². The van der Waals surface area contributed by atoms with Crippen molar-refractivity contribution in [2.45, 2.75) is 276 Å². The summed E-state index contributed by atoms with van der Waals surface area (Å²) in [6.07, 6.45) is 48.7. The fraction of sp³-hybridized carbons (Fsp3) is 0.738. The molecule has 1 rings (SSSR count). The number of allylic oxidation sites excluding steroid dienone is 12. The quantitative estimate of drug-likeness (QED) is 0.0228. The number of carboxylic acids is 1. The van der Waals surface area contributed by atoms with Crippen molar-refractivity contribution in [3.05, 3.63) is 72.9 Å². The zero-order valence-corrected chi connectivity index (χ0v) is 45.9. The molecule has 1 fully saturated rings. The highest BCUT2D eigenvalue weighted by Gasteiger charge is 2.50. The van der Waals surface area contributed by atoms with Gasteiger partial charge in [-0.25, -0.2) is 4.79 Å². The summed E-state index contributed by atoms with van der Waals surface area (Å²) >= 11 is 0. The maximum absolute atomic E-state index is 13.1. The smallest absolute Gasteiger partial charge is 0.335 e. The molecule has 3 N–H and O–H groups in total. The summed E-state index contributed by atoms with van der Waals surface area (Å²) in [4.78, 5) is 51.0. The van der Waals surface area contributed by atoms with E-state index in [1.807, 2.05) is 0 Å². The normalized spacial score (nSPS) is 18.8. The molecule has 0 aliphatic carbocycles. The predicted molar refractivity (Wildman–Crippen MR) is 294 cm³/mol. The molecule has 0 spiro atoms. The zero-order valence-electron chi connectivity index (χ0n) is 45.9. The lowest BCUT2D eigenvalue weighted by atomic mass is 9.98. The predicted octanol–water partition coefficient (Wildman–Crippen LogP) is 14.6. The van der Waals surface area contributed by atoms with Gasteiger partial charge >= 0.3 is 23.9 Å². The summed E-state index contributed by atoms with van der Waals surface area (Å²) in [7, 11) is 0. The van der Waals surface area contributed by atoms with Gasteiger partial charge in [-0.05, 0) is 103 Å². The number of aliphatic carboxylic acids is 1. The van der Waals surface area contributed by atoms with Crippen LogP contribution in [-0.4, -0.2) is 89.2 Å². The van der Waals surface area contributed by atoms with Crippen LogP contribution in [0.1, 0.15) is 239 Å². The van der Waals surface area contributed by atoms with Gasteiger partial charge in [0.25, 0.3) is 0 Å². The molecular weight excluding hydrogens is 925 g/mol. The Bertz CT molecular complexity index is 1550. The first-order valence-electron chi connectivity index (χ1n) is 28.9. The molecule has 6 atom stereocenters. The molecule has 12 nitrogen and oxygen atoms in total. The second-order valence-electron chi connectivity index (χ2n) is 19.6. The van der Waals surface area contributed by atoms with Crippen molar-refractivity contribution in [3.63, 3.8) is 0 Å². The molecule has 418 valence electrons. The number of hydrogen-bond donors (Lipinski definition) is 3. The van der Waals surface area contributed by atoms with E-state index < -0.39 is 67.3 Å². The van der Waals surface area contributed by atoms with Crippen molar-refractivity contribution < 1.29 is 58.2 Å². The molecule has 1 heterocycles. The highest BCUT2D eigenvalue weighted by Crippen LogP contribution is 2.26. The van der Waals surface area contributed by atoms with E-state index in [0.29, 0.717) is 19.3 Å². The fourth-order valence-corrected chi connectivity index (χ4v) is 8.22. The number of unbranched alkanes of at least 4 members (excludes halogenated alkanes) is 22. The Labute approximate surface area is 442 Å². The molecule has 0 bridgehead atoms. The second kappa shape index (κ2) is 49.1. The first kappa shape index (κ1) is 67.2. The SMILES string of the molecule is CCC/C=C\C/C=C\CCCCCCCC(=O)OCC(COC1OC(C(=O)O)C(O)C(O)C1OC(=O)CCCCCCCC/C=C\C/C=C\C/C=C\CCCCC)OC(=O)CCCCCCC/C=C\CCCC. The Morgan fingerprint density at radius 1 is 0.452 bits per heavy atom.